The van der Waals surface area contributed by atoms with E-state index in [1.54, 1.807) is 4.90 Å². The fourth-order valence-corrected chi connectivity index (χ4v) is 9.05. The highest BCUT2D eigenvalue weighted by molar-refractivity contribution is 5.99. The lowest BCUT2D eigenvalue weighted by Crippen LogP contribution is -2.55. The molecule has 3 aromatic rings. The number of halogens is 1. The number of fused-ring (bicyclic) bond motifs is 5. The van der Waals surface area contributed by atoms with Crippen LogP contribution in [0.25, 0.3) is 22.0 Å². The van der Waals surface area contributed by atoms with Crippen LogP contribution in [0.3, 0.4) is 0 Å². The molecule has 5 atom stereocenters. The molecular weight excluding hydrogens is 607 g/mol. The maximum atomic E-state index is 14.6. The van der Waals surface area contributed by atoms with Crippen molar-refractivity contribution in [3.8, 4) is 29.0 Å². The first-order valence-electron chi connectivity index (χ1n) is 17.6. The molecule has 9 nitrogen and oxygen atoms in total. The zero-order valence-electron chi connectivity index (χ0n) is 27.2. The largest absolute Gasteiger partial charge is 0.487 e. The van der Waals surface area contributed by atoms with E-state index in [2.05, 4.69) is 52.8 Å². The molecule has 3 aliphatic carbocycles. The molecule has 0 bridgehead atoms. The van der Waals surface area contributed by atoms with Crippen LogP contribution in [0.2, 0.25) is 0 Å². The van der Waals surface area contributed by atoms with Gasteiger partial charge in [0.15, 0.2) is 5.75 Å². The zero-order chi connectivity index (χ0) is 32.6. The lowest BCUT2D eigenvalue weighted by Gasteiger charge is -2.41. The molecule has 5 fully saturated rings. The van der Waals surface area contributed by atoms with Gasteiger partial charge in [0.05, 0.1) is 30.2 Å². The number of aromatic nitrogens is 2. The van der Waals surface area contributed by atoms with Gasteiger partial charge in [-0.1, -0.05) is 24.8 Å². The van der Waals surface area contributed by atoms with Crippen molar-refractivity contribution in [2.75, 3.05) is 44.2 Å². The Bertz CT molecular complexity index is 1860. The SMILES string of the molecule is C=CC(=O)N1CCN(c2nc(OC[C@@]34CCCN3C[C@H](F)C4)nc3c(OC4CC4)c(-c4cccc5c4C[C@H]4C[C@@H]54)ccc23)C[C@@H]1CC#N. The predicted octanol–water partition coefficient (Wildman–Crippen LogP) is 5.57. The summed E-state index contributed by atoms with van der Waals surface area (Å²) in [5, 5.41) is 10.5. The number of piperazine rings is 1. The maximum absolute atomic E-state index is 14.6. The van der Waals surface area contributed by atoms with E-state index in [4.69, 9.17) is 19.4 Å². The average molecular weight is 649 g/mol. The fraction of sp³-hybridized carbons (Fsp3) is 0.526. The van der Waals surface area contributed by atoms with E-state index in [0.29, 0.717) is 56.5 Å². The molecular formula is C38H41FN6O3. The van der Waals surface area contributed by atoms with Crippen LogP contribution < -0.4 is 14.4 Å². The van der Waals surface area contributed by atoms with E-state index in [0.717, 1.165) is 61.3 Å². The van der Waals surface area contributed by atoms with Gasteiger partial charge in [0.1, 0.15) is 24.1 Å². The zero-order valence-corrected chi connectivity index (χ0v) is 27.2. The molecule has 0 radical (unpaired) electrons. The van der Waals surface area contributed by atoms with Crippen molar-refractivity contribution in [1.82, 2.24) is 19.8 Å². The first kappa shape index (κ1) is 29.9. The third kappa shape index (κ3) is 5.01. The summed E-state index contributed by atoms with van der Waals surface area (Å²) < 4.78 is 27.9. The highest BCUT2D eigenvalue weighted by atomic mass is 19.1. The Balaban J connectivity index is 1.16. The molecule has 1 aromatic heterocycles. The van der Waals surface area contributed by atoms with Crippen LogP contribution in [0.5, 0.6) is 11.8 Å². The van der Waals surface area contributed by atoms with Crippen LogP contribution in [-0.4, -0.2) is 88.9 Å². The van der Waals surface area contributed by atoms with Gasteiger partial charge in [-0.15, -0.1) is 0 Å². The number of ether oxygens (including phenoxy) is 2. The smallest absolute Gasteiger partial charge is 0.319 e. The third-order valence-electron chi connectivity index (χ3n) is 11.7. The van der Waals surface area contributed by atoms with Gasteiger partial charge in [-0.3, -0.25) is 9.69 Å². The van der Waals surface area contributed by atoms with Gasteiger partial charge in [-0.05, 0) is 91.8 Å². The molecule has 9 rings (SSSR count). The lowest BCUT2D eigenvalue weighted by molar-refractivity contribution is -0.128. The summed E-state index contributed by atoms with van der Waals surface area (Å²) in [5.41, 5.74) is 5.52. The van der Waals surface area contributed by atoms with Gasteiger partial charge < -0.3 is 19.3 Å². The summed E-state index contributed by atoms with van der Waals surface area (Å²) in [6.07, 6.45) is 7.59. The number of nitriles is 1. The summed E-state index contributed by atoms with van der Waals surface area (Å²) in [6.45, 7) is 6.74. The molecule has 6 aliphatic rings. The minimum Gasteiger partial charge on any atom is -0.487 e. The molecule has 48 heavy (non-hydrogen) atoms. The number of anilines is 1. The Morgan fingerprint density at radius 2 is 2.04 bits per heavy atom. The van der Waals surface area contributed by atoms with Gasteiger partial charge in [0.2, 0.25) is 5.91 Å². The number of benzene rings is 2. The molecule has 2 saturated carbocycles. The summed E-state index contributed by atoms with van der Waals surface area (Å²) in [4.78, 5) is 28.9. The van der Waals surface area contributed by atoms with Crippen LogP contribution >= 0.6 is 0 Å². The second-order valence-electron chi connectivity index (χ2n) is 14.7. The fourth-order valence-electron chi connectivity index (χ4n) is 9.05. The Hall–Kier alpha value is -4.23. The molecule has 4 heterocycles. The van der Waals surface area contributed by atoms with E-state index >= 15 is 0 Å². The number of hydrogen-bond acceptors (Lipinski definition) is 8. The van der Waals surface area contributed by atoms with E-state index in [-0.39, 0.29) is 36.0 Å². The summed E-state index contributed by atoms with van der Waals surface area (Å²) in [7, 11) is 0. The second-order valence-corrected chi connectivity index (χ2v) is 14.7. The van der Waals surface area contributed by atoms with Gasteiger partial charge in [0, 0.05) is 43.5 Å². The minimum absolute atomic E-state index is 0.140. The molecule has 3 saturated heterocycles. The number of hydrogen-bond donors (Lipinski definition) is 0. The van der Waals surface area contributed by atoms with Crippen molar-refractivity contribution < 1.29 is 18.7 Å². The van der Waals surface area contributed by atoms with Gasteiger partial charge >= 0.3 is 6.01 Å². The van der Waals surface area contributed by atoms with Crippen molar-refractivity contribution in [3.05, 3.63) is 54.1 Å². The normalized spacial score (nSPS) is 28.9. The Kier molecular flexibility index (Phi) is 7.12. The minimum atomic E-state index is -0.853. The number of rotatable bonds is 9. The predicted molar refractivity (Wildman–Crippen MR) is 180 cm³/mol. The first-order chi connectivity index (χ1) is 23.4. The monoisotopic (exact) mass is 648 g/mol. The van der Waals surface area contributed by atoms with Gasteiger partial charge in [-0.25, -0.2) is 4.39 Å². The van der Waals surface area contributed by atoms with E-state index in [1.165, 1.54) is 29.2 Å². The molecule has 1 amide bonds. The maximum Gasteiger partial charge on any atom is 0.319 e. The lowest BCUT2D eigenvalue weighted by atomic mass is 9.93. The number of carbonyl (C=O) groups is 1. The van der Waals surface area contributed by atoms with Crippen molar-refractivity contribution in [2.24, 2.45) is 5.92 Å². The van der Waals surface area contributed by atoms with Crippen molar-refractivity contribution >= 4 is 22.6 Å². The van der Waals surface area contributed by atoms with Crippen LogP contribution in [0.4, 0.5) is 10.2 Å². The quantitative estimate of drug-likeness (QED) is 0.278. The van der Waals surface area contributed by atoms with E-state index in [1.807, 2.05) is 0 Å². The molecule has 10 heteroatoms. The van der Waals surface area contributed by atoms with Crippen LogP contribution in [0.15, 0.2) is 43.0 Å². The highest BCUT2D eigenvalue weighted by Crippen LogP contribution is 2.58. The number of nitrogens with zero attached hydrogens (tertiary/aromatic N) is 6. The van der Waals surface area contributed by atoms with Gasteiger partial charge in [-0.2, -0.15) is 15.2 Å². The third-order valence-corrected chi connectivity index (χ3v) is 11.7. The topological polar surface area (TPSA) is 94.8 Å². The van der Waals surface area contributed by atoms with E-state index < -0.39 is 6.17 Å². The highest BCUT2D eigenvalue weighted by Gasteiger charge is 2.50. The van der Waals surface area contributed by atoms with Crippen molar-refractivity contribution in [2.45, 2.75) is 81.1 Å². The second kappa shape index (κ2) is 11.4. The van der Waals surface area contributed by atoms with E-state index in [9.17, 15) is 14.4 Å². The average Bonchev–Trinajstić information content (AvgIpc) is 3.97. The molecule has 248 valence electrons. The van der Waals surface area contributed by atoms with Crippen LogP contribution in [0.1, 0.15) is 62.0 Å². The van der Waals surface area contributed by atoms with Crippen molar-refractivity contribution in [1.29, 1.82) is 5.26 Å². The Morgan fingerprint density at radius 3 is 2.88 bits per heavy atom. The summed E-state index contributed by atoms with van der Waals surface area (Å²) in [5.74, 6) is 2.73. The Labute approximate surface area is 280 Å². The standard InChI is InChI=1S/C38H41FN6O3/c1-2-33(46)45-16-15-43(21-25(45)11-13-40)36-30-10-9-29(27-5-3-6-28-31-17-23(31)18-32(27)28)35(48-26-7-8-26)34(30)41-37(42-36)47-22-38-12-4-14-44(38)20-24(39)19-38/h2-3,5-6,9-10,23-26,31H,1,4,7-8,11-12,14-22H2/t23-,24-,25+,31-,38+/m1/s1. The van der Waals surface area contributed by atoms with Crippen molar-refractivity contribution in [3.63, 3.8) is 0 Å². The number of carbonyl (C=O) groups excluding carboxylic acids is 1. The molecule has 0 unspecified atom stereocenters. The van der Waals surface area contributed by atoms with Crippen LogP contribution in [0, 0.1) is 17.2 Å². The van der Waals surface area contributed by atoms with Gasteiger partial charge in [0.25, 0.3) is 0 Å². The number of amides is 1. The summed E-state index contributed by atoms with van der Waals surface area (Å²) in [6, 6.07) is 13.1. The first-order valence-corrected chi connectivity index (χ1v) is 17.6. The molecule has 0 N–H and O–H groups in total. The molecule has 0 spiro atoms. The summed E-state index contributed by atoms with van der Waals surface area (Å²) >= 11 is 0. The molecule has 3 aliphatic heterocycles. The molecule has 2 aromatic carbocycles. The van der Waals surface area contributed by atoms with Crippen LogP contribution in [-0.2, 0) is 11.2 Å². The number of alkyl halides is 1. The Morgan fingerprint density at radius 1 is 1.15 bits per heavy atom.